The summed E-state index contributed by atoms with van der Waals surface area (Å²) in [6.07, 6.45) is 3.58. The molecule has 108 valence electrons. The Bertz CT molecular complexity index is 561. The lowest BCUT2D eigenvalue weighted by Crippen LogP contribution is -2.42. The van der Waals surface area contributed by atoms with Crippen molar-refractivity contribution in [2.45, 2.75) is 32.9 Å². The second-order valence-corrected chi connectivity index (χ2v) is 6.21. The molecular weight excluding hydrogens is 248 g/mol. The molecule has 1 saturated heterocycles. The lowest BCUT2D eigenvalue weighted by molar-refractivity contribution is -0.0398. The molecule has 2 heterocycles. The molecule has 1 fully saturated rings. The highest BCUT2D eigenvalue weighted by atomic mass is 16.5. The van der Waals surface area contributed by atoms with Gasteiger partial charge in [0, 0.05) is 36.7 Å². The minimum atomic E-state index is 0.397. The number of fused-ring (bicyclic) bond motifs is 1. The van der Waals surface area contributed by atoms with Gasteiger partial charge in [0.2, 0.25) is 0 Å². The van der Waals surface area contributed by atoms with Gasteiger partial charge in [-0.1, -0.05) is 26.0 Å². The van der Waals surface area contributed by atoms with Gasteiger partial charge in [0.15, 0.2) is 0 Å². The smallest absolute Gasteiger partial charge is 0.0705 e. The number of hydrogen-bond acceptors (Lipinski definition) is 2. The minimum Gasteiger partial charge on any atom is -0.376 e. The van der Waals surface area contributed by atoms with Crippen LogP contribution in [0.25, 0.3) is 10.9 Å². The van der Waals surface area contributed by atoms with Crippen LogP contribution < -0.4 is 0 Å². The van der Waals surface area contributed by atoms with Crippen LogP contribution in [0.4, 0.5) is 0 Å². The molecular formula is C17H24N2O. The molecule has 0 unspecified atom stereocenters. The van der Waals surface area contributed by atoms with Crippen molar-refractivity contribution in [1.82, 2.24) is 9.88 Å². The summed E-state index contributed by atoms with van der Waals surface area (Å²) in [4.78, 5) is 5.81. The summed E-state index contributed by atoms with van der Waals surface area (Å²) < 4.78 is 5.88. The third-order valence-electron chi connectivity index (χ3n) is 4.04. The lowest BCUT2D eigenvalue weighted by Gasteiger charge is -2.33. The molecule has 0 radical (unpaired) electrons. The number of ether oxygens (including phenoxy) is 1. The lowest BCUT2D eigenvalue weighted by atomic mass is 10.0. The zero-order valence-electron chi connectivity index (χ0n) is 12.4. The van der Waals surface area contributed by atoms with Crippen molar-refractivity contribution in [2.24, 2.45) is 5.92 Å². The van der Waals surface area contributed by atoms with Gasteiger partial charge in [0.1, 0.15) is 0 Å². The fourth-order valence-electron chi connectivity index (χ4n) is 3.12. The maximum Gasteiger partial charge on any atom is 0.0705 e. The molecule has 0 aliphatic carbocycles. The number of nitrogens with zero attached hydrogens (tertiary/aromatic N) is 1. The van der Waals surface area contributed by atoms with Crippen LogP contribution in [-0.2, 0) is 11.3 Å². The molecule has 2 aromatic rings. The minimum absolute atomic E-state index is 0.397. The number of morpholine rings is 1. The SMILES string of the molecule is CC(C)C[C@@H]1CN(Cc2cccc3[nH]ccc23)CCO1. The van der Waals surface area contributed by atoms with Gasteiger partial charge in [-0.15, -0.1) is 0 Å². The van der Waals surface area contributed by atoms with Gasteiger partial charge in [-0.2, -0.15) is 0 Å². The van der Waals surface area contributed by atoms with Gasteiger partial charge in [-0.25, -0.2) is 0 Å². The molecule has 1 aliphatic rings. The number of aromatic amines is 1. The molecule has 1 aromatic heterocycles. The number of benzene rings is 1. The fraction of sp³-hybridized carbons (Fsp3) is 0.529. The zero-order valence-corrected chi connectivity index (χ0v) is 12.4. The second kappa shape index (κ2) is 5.98. The average molecular weight is 272 g/mol. The van der Waals surface area contributed by atoms with Gasteiger partial charge >= 0.3 is 0 Å². The van der Waals surface area contributed by atoms with Crippen LogP contribution in [0.15, 0.2) is 30.5 Å². The first kappa shape index (κ1) is 13.7. The quantitative estimate of drug-likeness (QED) is 0.923. The highest BCUT2D eigenvalue weighted by Crippen LogP contribution is 2.21. The first-order chi connectivity index (χ1) is 9.72. The van der Waals surface area contributed by atoms with Gasteiger partial charge in [0.05, 0.1) is 12.7 Å². The number of hydrogen-bond donors (Lipinski definition) is 1. The number of rotatable bonds is 4. The van der Waals surface area contributed by atoms with Crippen molar-refractivity contribution in [1.29, 1.82) is 0 Å². The molecule has 0 spiro atoms. The summed E-state index contributed by atoms with van der Waals surface area (Å²) in [5.74, 6) is 0.702. The van der Waals surface area contributed by atoms with E-state index in [0.29, 0.717) is 12.0 Å². The molecule has 20 heavy (non-hydrogen) atoms. The zero-order chi connectivity index (χ0) is 13.9. The Kier molecular flexibility index (Phi) is 4.08. The molecule has 1 N–H and O–H groups in total. The third kappa shape index (κ3) is 3.05. The number of nitrogens with one attached hydrogen (secondary N) is 1. The number of H-pyrrole nitrogens is 1. The standard InChI is InChI=1S/C17H24N2O/c1-13(2)10-15-12-19(8-9-20-15)11-14-4-3-5-17-16(14)6-7-18-17/h3-7,13,15,18H,8-12H2,1-2H3/t15-/m1/s1. The van der Waals surface area contributed by atoms with Crippen LogP contribution in [0, 0.1) is 5.92 Å². The highest BCUT2D eigenvalue weighted by molar-refractivity contribution is 5.82. The van der Waals surface area contributed by atoms with E-state index in [4.69, 9.17) is 4.74 Å². The molecule has 3 heteroatoms. The summed E-state index contributed by atoms with van der Waals surface area (Å²) in [6, 6.07) is 8.69. The normalized spacial score (nSPS) is 20.9. The van der Waals surface area contributed by atoms with E-state index in [0.717, 1.165) is 32.7 Å². The van der Waals surface area contributed by atoms with Crippen LogP contribution in [-0.4, -0.2) is 35.7 Å². The summed E-state index contributed by atoms with van der Waals surface area (Å²) in [6.45, 7) is 8.51. The predicted molar refractivity (Wildman–Crippen MR) is 82.8 cm³/mol. The molecule has 1 aliphatic heterocycles. The maximum atomic E-state index is 5.88. The van der Waals surface area contributed by atoms with Crippen molar-refractivity contribution in [3.05, 3.63) is 36.0 Å². The van der Waals surface area contributed by atoms with E-state index in [1.807, 2.05) is 6.20 Å². The monoisotopic (exact) mass is 272 g/mol. The molecule has 3 rings (SSSR count). The molecule has 1 aromatic carbocycles. The first-order valence-corrected chi connectivity index (χ1v) is 7.61. The number of aromatic nitrogens is 1. The van der Waals surface area contributed by atoms with E-state index >= 15 is 0 Å². The van der Waals surface area contributed by atoms with Crippen molar-refractivity contribution < 1.29 is 4.74 Å². The third-order valence-corrected chi connectivity index (χ3v) is 4.04. The average Bonchev–Trinajstić information content (AvgIpc) is 2.88. The van der Waals surface area contributed by atoms with E-state index < -0.39 is 0 Å². The van der Waals surface area contributed by atoms with Crippen molar-refractivity contribution in [3.63, 3.8) is 0 Å². The molecule has 0 bridgehead atoms. The van der Waals surface area contributed by atoms with Crippen molar-refractivity contribution in [3.8, 4) is 0 Å². The van der Waals surface area contributed by atoms with Gasteiger partial charge < -0.3 is 9.72 Å². The van der Waals surface area contributed by atoms with Crippen LogP contribution in [0.1, 0.15) is 25.8 Å². The van der Waals surface area contributed by atoms with E-state index in [1.54, 1.807) is 0 Å². The topological polar surface area (TPSA) is 28.3 Å². The first-order valence-electron chi connectivity index (χ1n) is 7.61. The van der Waals surface area contributed by atoms with Crippen LogP contribution in [0.5, 0.6) is 0 Å². The molecule has 3 nitrogen and oxygen atoms in total. The summed E-state index contributed by atoms with van der Waals surface area (Å²) in [5, 5.41) is 1.35. The fourth-order valence-corrected chi connectivity index (χ4v) is 3.12. The summed E-state index contributed by atoms with van der Waals surface area (Å²) in [7, 11) is 0. The Morgan fingerprint density at radius 3 is 3.10 bits per heavy atom. The second-order valence-electron chi connectivity index (χ2n) is 6.21. The molecule has 0 amide bonds. The van der Waals surface area contributed by atoms with Crippen LogP contribution in [0.2, 0.25) is 0 Å². The molecule has 0 saturated carbocycles. The Morgan fingerprint density at radius 2 is 2.25 bits per heavy atom. The van der Waals surface area contributed by atoms with E-state index in [-0.39, 0.29) is 0 Å². The van der Waals surface area contributed by atoms with Gasteiger partial charge in [0.25, 0.3) is 0 Å². The van der Waals surface area contributed by atoms with E-state index in [2.05, 4.69) is 48.0 Å². The Balaban J connectivity index is 1.69. The van der Waals surface area contributed by atoms with Crippen LogP contribution in [0.3, 0.4) is 0 Å². The van der Waals surface area contributed by atoms with Gasteiger partial charge in [-0.3, -0.25) is 4.90 Å². The van der Waals surface area contributed by atoms with E-state index in [1.165, 1.54) is 16.5 Å². The van der Waals surface area contributed by atoms with Crippen molar-refractivity contribution in [2.75, 3.05) is 19.7 Å². The molecule has 1 atom stereocenters. The maximum absolute atomic E-state index is 5.88. The largest absolute Gasteiger partial charge is 0.376 e. The van der Waals surface area contributed by atoms with Crippen LogP contribution >= 0.6 is 0 Å². The summed E-state index contributed by atoms with van der Waals surface area (Å²) in [5.41, 5.74) is 2.64. The van der Waals surface area contributed by atoms with Gasteiger partial charge in [-0.05, 0) is 30.0 Å². The Morgan fingerprint density at radius 1 is 1.35 bits per heavy atom. The summed E-state index contributed by atoms with van der Waals surface area (Å²) >= 11 is 0. The Labute approximate surface area is 120 Å². The highest BCUT2D eigenvalue weighted by Gasteiger charge is 2.21. The van der Waals surface area contributed by atoms with Crippen molar-refractivity contribution >= 4 is 10.9 Å². The Hall–Kier alpha value is -1.32. The predicted octanol–water partition coefficient (Wildman–Crippen LogP) is 3.41. The van der Waals surface area contributed by atoms with E-state index in [9.17, 15) is 0 Å².